The molecule has 2 aromatic rings. The van der Waals surface area contributed by atoms with Crippen LogP contribution in [0.2, 0.25) is 0 Å². The van der Waals surface area contributed by atoms with Crippen molar-refractivity contribution in [3.8, 4) is 11.1 Å². The molecule has 0 fully saturated rings. The number of aromatic nitrogens is 1. The SMILES string of the molecule is Cc1nc(C)c(C(=O)OO)c(-c2ccccc2[N+](=O)[O-])c1C(=O)OO. The van der Waals surface area contributed by atoms with E-state index in [0.717, 1.165) is 0 Å². The molecule has 10 heteroatoms. The normalized spacial score (nSPS) is 10.2. The third-order valence-electron chi connectivity index (χ3n) is 3.50. The number of hydrogen-bond acceptors (Lipinski definition) is 9. The monoisotopic (exact) mass is 348 g/mol. The van der Waals surface area contributed by atoms with Gasteiger partial charge in [0.1, 0.15) is 0 Å². The van der Waals surface area contributed by atoms with Crippen molar-refractivity contribution < 1.29 is 34.8 Å². The maximum Gasteiger partial charge on any atom is 0.375 e. The first-order valence-electron chi connectivity index (χ1n) is 6.79. The number of carbonyl (C=O) groups excluding carboxylic acids is 2. The summed E-state index contributed by atoms with van der Waals surface area (Å²) in [6.45, 7) is 2.79. The van der Waals surface area contributed by atoms with Crippen LogP contribution in [0.1, 0.15) is 32.1 Å². The molecule has 0 spiro atoms. The topological polar surface area (TPSA) is 149 Å². The standard InChI is InChI=1S/C15H12N2O8/c1-7-11(14(18)24-22)13(12(8(2)16-7)15(19)25-23)9-5-3-4-6-10(9)17(20)21/h3-6,22-23H,1-2H3. The Bertz CT molecular complexity index is 838. The van der Waals surface area contributed by atoms with Crippen molar-refractivity contribution in [1.29, 1.82) is 0 Å². The van der Waals surface area contributed by atoms with Crippen LogP contribution in [-0.2, 0) is 9.78 Å². The molecule has 130 valence electrons. The van der Waals surface area contributed by atoms with Crippen molar-refractivity contribution in [2.24, 2.45) is 0 Å². The minimum absolute atomic E-state index is 0.0548. The Labute approximate surface area is 140 Å². The number of rotatable bonds is 4. The number of hydrogen-bond donors (Lipinski definition) is 2. The van der Waals surface area contributed by atoms with Gasteiger partial charge in [-0.05, 0) is 19.9 Å². The van der Waals surface area contributed by atoms with Crippen LogP contribution < -0.4 is 0 Å². The predicted molar refractivity (Wildman–Crippen MR) is 81.9 cm³/mol. The molecule has 1 heterocycles. The third kappa shape index (κ3) is 3.16. The first-order valence-corrected chi connectivity index (χ1v) is 6.79. The zero-order chi connectivity index (χ0) is 18.7. The molecule has 10 nitrogen and oxygen atoms in total. The second-order valence-electron chi connectivity index (χ2n) is 4.94. The van der Waals surface area contributed by atoms with Crippen molar-refractivity contribution in [3.05, 3.63) is 56.9 Å². The molecular formula is C15H12N2O8. The number of carbonyl (C=O) groups is 2. The number of pyridine rings is 1. The highest BCUT2D eigenvalue weighted by molar-refractivity contribution is 6.08. The summed E-state index contributed by atoms with van der Waals surface area (Å²) in [6.07, 6.45) is 0. The maximum atomic E-state index is 12.0. The van der Waals surface area contributed by atoms with E-state index in [0.29, 0.717) is 0 Å². The summed E-state index contributed by atoms with van der Waals surface area (Å²) in [4.78, 5) is 46.0. The summed E-state index contributed by atoms with van der Waals surface area (Å²) >= 11 is 0. The fraction of sp³-hybridized carbons (Fsp3) is 0.133. The van der Waals surface area contributed by atoms with Crippen LogP contribution in [0.4, 0.5) is 5.69 Å². The van der Waals surface area contributed by atoms with Gasteiger partial charge in [0.15, 0.2) is 0 Å². The summed E-state index contributed by atoms with van der Waals surface area (Å²) in [7, 11) is 0. The van der Waals surface area contributed by atoms with Gasteiger partial charge in [0, 0.05) is 11.6 Å². The molecule has 0 unspecified atom stereocenters. The molecule has 0 aliphatic carbocycles. The Morgan fingerprint density at radius 2 is 1.52 bits per heavy atom. The average Bonchev–Trinajstić information content (AvgIpc) is 2.59. The van der Waals surface area contributed by atoms with E-state index < -0.39 is 22.5 Å². The number of nitro groups is 1. The smallest absolute Gasteiger partial charge is 0.295 e. The minimum atomic E-state index is -1.27. The molecule has 0 aliphatic rings. The Morgan fingerprint density at radius 1 is 1.04 bits per heavy atom. The van der Waals surface area contributed by atoms with E-state index in [1.165, 1.54) is 38.1 Å². The Kier molecular flexibility index (Phi) is 5.05. The van der Waals surface area contributed by atoms with Crippen molar-refractivity contribution in [2.45, 2.75) is 13.8 Å². The first-order chi connectivity index (χ1) is 11.8. The molecule has 0 amide bonds. The number of para-hydroxylation sites is 1. The van der Waals surface area contributed by atoms with E-state index >= 15 is 0 Å². The maximum absolute atomic E-state index is 12.0. The number of nitro benzene ring substituents is 1. The van der Waals surface area contributed by atoms with Crippen LogP contribution in [0, 0.1) is 24.0 Å². The second-order valence-corrected chi connectivity index (χ2v) is 4.94. The molecule has 0 aliphatic heterocycles. The van der Waals surface area contributed by atoms with Crippen LogP contribution in [-0.4, -0.2) is 32.4 Å². The molecule has 0 bridgehead atoms. The molecule has 1 aromatic carbocycles. The van der Waals surface area contributed by atoms with E-state index in [9.17, 15) is 19.7 Å². The van der Waals surface area contributed by atoms with Gasteiger partial charge in [0.05, 0.1) is 33.0 Å². The van der Waals surface area contributed by atoms with Crippen molar-refractivity contribution >= 4 is 17.6 Å². The van der Waals surface area contributed by atoms with Gasteiger partial charge in [0.25, 0.3) is 5.69 Å². The Balaban J connectivity index is 3.03. The molecule has 0 saturated heterocycles. The van der Waals surface area contributed by atoms with Crippen LogP contribution in [0.15, 0.2) is 24.3 Å². The van der Waals surface area contributed by atoms with E-state index in [-0.39, 0.29) is 33.6 Å². The van der Waals surface area contributed by atoms with Gasteiger partial charge in [-0.15, -0.1) is 0 Å². The summed E-state index contributed by atoms with van der Waals surface area (Å²) in [6, 6.07) is 5.32. The van der Waals surface area contributed by atoms with Gasteiger partial charge in [-0.25, -0.2) is 9.59 Å². The fourth-order valence-electron chi connectivity index (χ4n) is 2.55. The average molecular weight is 348 g/mol. The highest BCUT2D eigenvalue weighted by Gasteiger charge is 2.31. The molecular weight excluding hydrogens is 336 g/mol. The van der Waals surface area contributed by atoms with E-state index in [1.54, 1.807) is 0 Å². The number of aryl methyl sites for hydroxylation is 2. The van der Waals surface area contributed by atoms with Gasteiger partial charge in [-0.1, -0.05) is 12.1 Å². The Morgan fingerprint density at radius 3 is 1.96 bits per heavy atom. The number of nitrogens with zero attached hydrogens (tertiary/aromatic N) is 2. The van der Waals surface area contributed by atoms with E-state index in [4.69, 9.17) is 10.5 Å². The molecule has 2 rings (SSSR count). The Hall–Kier alpha value is -3.37. The molecule has 0 saturated carbocycles. The quantitative estimate of drug-likeness (QED) is 0.482. The van der Waals surface area contributed by atoms with Crippen LogP contribution >= 0.6 is 0 Å². The van der Waals surface area contributed by atoms with Crippen LogP contribution in [0.25, 0.3) is 11.1 Å². The molecule has 25 heavy (non-hydrogen) atoms. The molecule has 0 atom stereocenters. The highest BCUT2D eigenvalue weighted by Crippen LogP contribution is 2.37. The van der Waals surface area contributed by atoms with Crippen LogP contribution in [0.5, 0.6) is 0 Å². The van der Waals surface area contributed by atoms with Gasteiger partial charge < -0.3 is 0 Å². The van der Waals surface area contributed by atoms with Gasteiger partial charge in [0.2, 0.25) is 0 Å². The molecule has 0 radical (unpaired) electrons. The summed E-state index contributed by atoms with van der Waals surface area (Å²) < 4.78 is 0. The lowest BCUT2D eigenvalue weighted by Gasteiger charge is -2.15. The lowest BCUT2D eigenvalue weighted by molar-refractivity contribution is -0.384. The summed E-state index contributed by atoms with van der Waals surface area (Å²) in [5.41, 5.74) is -1.40. The van der Waals surface area contributed by atoms with Gasteiger partial charge >= 0.3 is 11.9 Å². The molecule has 1 aromatic heterocycles. The van der Waals surface area contributed by atoms with E-state index in [2.05, 4.69) is 14.8 Å². The lowest BCUT2D eigenvalue weighted by atomic mass is 9.91. The summed E-state index contributed by atoms with van der Waals surface area (Å²) in [5.74, 6) is -2.55. The second kappa shape index (κ2) is 7.03. The predicted octanol–water partition coefficient (Wildman–Crippen LogP) is 2.53. The van der Waals surface area contributed by atoms with Crippen molar-refractivity contribution in [2.75, 3.05) is 0 Å². The van der Waals surface area contributed by atoms with Gasteiger partial charge in [-0.3, -0.25) is 24.9 Å². The van der Waals surface area contributed by atoms with Gasteiger partial charge in [-0.2, -0.15) is 10.5 Å². The van der Waals surface area contributed by atoms with Crippen molar-refractivity contribution in [3.63, 3.8) is 0 Å². The zero-order valence-electron chi connectivity index (χ0n) is 13.0. The number of benzene rings is 1. The largest absolute Gasteiger partial charge is 0.375 e. The third-order valence-corrected chi connectivity index (χ3v) is 3.50. The van der Waals surface area contributed by atoms with Crippen molar-refractivity contribution in [1.82, 2.24) is 4.98 Å². The summed E-state index contributed by atoms with van der Waals surface area (Å²) in [5, 5.41) is 28.8. The fourth-order valence-corrected chi connectivity index (χ4v) is 2.55. The van der Waals surface area contributed by atoms with Crippen LogP contribution in [0.3, 0.4) is 0 Å². The lowest BCUT2D eigenvalue weighted by Crippen LogP contribution is -2.16. The van der Waals surface area contributed by atoms with E-state index in [1.807, 2.05) is 0 Å². The first kappa shape index (κ1) is 18.0. The molecule has 2 N–H and O–H groups in total. The highest BCUT2D eigenvalue weighted by atomic mass is 17.1. The minimum Gasteiger partial charge on any atom is -0.295 e. The zero-order valence-corrected chi connectivity index (χ0v) is 13.0.